The molecule has 0 amide bonds. The van der Waals surface area contributed by atoms with E-state index in [0.29, 0.717) is 0 Å². The Bertz CT molecular complexity index is 756. The predicted octanol–water partition coefficient (Wildman–Crippen LogP) is 4.46. The summed E-state index contributed by atoms with van der Waals surface area (Å²) in [6.07, 6.45) is 3.83. The highest BCUT2D eigenvalue weighted by Gasteiger charge is 2.16. The van der Waals surface area contributed by atoms with Gasteiger partial charge in [-0.15, -0.1) is 22.7 Å². The summed E-state index contributed by atoms with van der Waals surface area (Å²) in [5, 5.41) is 3.12. The molecule has 0 aromatic carbocycles. The summed E-state index contributed by atoms with van der Waals surface area (Å²) < 4.78 is 0. The third kappa shape index (κ3) is 2.86. The fraction of sp³-hybridized carbons (Fsp3) is 0.357. The van der Waals surface area contributed by atoms with E-state index in [-0.39, 0.29) is 0 Å². The molecular formula is C14H16N4S3. The molecule has 21 heavy (non-hydrogen) atoms. The van der Waals surface area contributed by atoms with Crippen LogP contribution in [-0.2, 0) is 0 Å². The monoisotopic (exact) mass is 336 g/mol. The highest BCUT2D eigenvalue weighted by Crippen LogP contribution is 2.39. The van der Waals surface area contributed by atoms with Gasteiger partial charge in [0.25, 0.3) is 0 Å². The van der Waals surface area contributed by atoms with Crippen LogP contribution >= 0.6 is 34.0 Å². The fourth-order valence-corrected chi connectivity index (χ4v) is 4.78. The smallest absolute Gasteiger partial charge is 0.185 e. The van der Waals surface area contributed by atoms with Gasteiger partial charge in [0.15, 0.2) is 5.13 Å². The van der Waals surface area contributed by atoms with Crippen LogP contribution in [-0.4, -0.2) is 28.5 Å². The Morgan fingerprint density at radius 2 is 1.86 bits per heavy atom. The van der Waals surface area contributed by atoms with Gasteiger partial charge in [0.1, 0.15) is 10.0 Å². The van der Waals surface area contributed by atoms with Gasteiger partial charge in [-0.25, -0.2) is 15.0 Å². The number of aromatic nitrogens is 3. The van der Waals surface area contributed by atoms with E-state index in [2.05, 4.69) is 35.8 Å². The number of anilines is 1. The molecule has 0 atom stereocenters. The summed E-state index contributed by atoms with van der Waals surface area (Å²) in [5.41, 5.74) is 1.04. The van der Waals surface area contributed by atoms with Gasteiger partial charge >= 0.3 is 0 Å². The van der Waals surface area contributed by atoms with Crippen LogP contribution in [0.5, 0.6) is 0 Å². The molecule has 4 nitrogen and oxygen atoms in total. The molecule has 0 saturated carbocycles. The summed E-state index contributed by atoms with van der Waals surface area (Å²) in [5.74, 6) is 0. The largest absolute Gasteiger partial charge is 0.351 e. The Morgan fingerprint density at radius 3 is 2.52 bits per heavy atom. The molecule has 0 N–H and O–H groups in total. The van der Waals surface area contributed by atoms with Gasteiger partial charge in [0.2, 0.25) is 0 Å². The summed E-state index contributed by atoms with van der Waals surface area (Å²) in [4.78, 5) is 19.3. The minimum atomic E-state index is 0.952. The van der Waals surface area contributed by atoms with Crippen molar-refractivity contribution in [1.82, 2.24) is 15.0 Å². The lowest BCUT2D eigenvalue weighted by Gasteiger charge is -2.10. The minimum absolute atomic E-state index is 0.952. The quantitative estimate of drug-likeness (QED) is 0.705. The molecule has 7 heteroatoms. The lowest BCUT2D eigenvalue weighted by molar-refractivity contribution is 0.958. The first-order valence-electron chi connectivity index (χ1n) is 6.66. The van der Waals surface area contributed by atoms with Crippen molar-refractivity contribution in [2.45, 2.75) is 20.8 Å². The number of hydrogen-bond acceptors (Lipinski definition) is 7. The Hall–Kier alpha value is -1.31. The number of aryl methyl sites for hydroxylation is 2. The van der Waals surface area contributed by atoms with Crippen molar-refractivity contribution in [3.05, 3.63) is 23.0 Å². The van der Waals surface area contributed by atoms with Crippen LogP contribution in [0.4, 0.5) is 5.13 Å². The topological polar surface area (TPSA) is 41.9 Å². The van der Waals surface area contributed by atoms with E-state index in [1.54, 1.807) is 34.0 Å². The molecule has 0 radical (unpaired) electrons. The maximum atomic E-state index is 4.70. The highest BCUT2D eigenvalue weighted by atomic mass is 32.1. The zero-order valence-corrected chi connectivity index (χ0v) is 14.8. The van der Waals surface area contributed by atoms with Crippen molar-refractivity contribution >= 4 is 39.1 Å². The Balaban J connectivity index is 1.95. The summed E-state index contributed by atoms with van der Waals surface area (Å²) >= 11 is 5.10. The molecule has 3 rings (SSSR count). The van der Waals surface area contributed by atoms with Crippen LogP contribution in [0.25, 0.3) is 19.8 Å². The van der Waals surface area contributed by atoms with Gasteiger partial charge in [-0.05, 0) is 20.8 Å². The number of nitrogens with zero attached hydrogens (tertiary/aromatic N) is 4. The number of thiazole rings is 3. The van der Waals surface area contributed by atoms with Crippen molar-refractivity contribution in [2.75, 3.05) is 18.5 Å². The fourth-order valence-electron chi connectivity index (χ4n) is 1.84. The number of hydrogen-bond donors (Lipinski definition) is 0. The zero-order valence-electron chi connectivity index (χ0n) is 12.4. The van der Waals surface area contributed by atoms with Crippen molar-refractivity contribution < 1.29 is 0 Å². The van der Waals surface area contributed by atoms with Crippen molar-refractivity contribution in [1.29, 1.82) is 0 Å². The first-order valence-corrected chi connectivity index (χ1v) is 9.11. The van der Waals surface area contributed by atoms with Gasteiger partial charge in [-0.2, -0.15) is 0 Å². The predicted molar refractivity (Wildman–Crippen MR) is 92.7 cm³/mol. The van der Waals surface area contributed by atoms with E-state index in [1.807, 2.05) is 19.3 Å². The Labute approximate surface area is 136 Å². The lowest BCUT2D eigenvalue weighted by atomic mass is 10.4. The second-order valence-electron chi connectivity index (χ2n) is 4.73. The molecule has 0 aliphatic carbocycles. The zero-order chi connectivity index (χ0) is 15.0. The van der Waals surface area contributed by atoms with E-state index < -0.39 is 0 Å². The summed E-state index contributed by atoms with van der Waals surface area (Å²) in [6, 6.07) is 0. The van der Waals surface area contributed by atoms with Gasteiger partial charge in [-0.1, -0.05) is 11.3 Å². The third-order valence-corrected chi connectivity index (χ3v) is 6.62. The number of rotatable bonds is 4. The second-order valence-corrected chi connectivity index (χ2v) is 7.97. The van der Waals surface area contributed by atoms with E-state index in [0.717, 1.165) is 32.3 Å². The highest BCUT2D eigenvalue weighted by molar-refractivity contribution is 7.26. The molecule has 0 saturated heterocycles. The maximum Gasteiger partial charge on any atom is 0.185 e. The van der Waals surface area contributed by atoms with Crippen molar-refractivity contribution in [2.24, 2.45) is 0 Å². The molecular weight excluding hydrogens is 320 g/mol. The molecule has 3 aromatic heterocycles. The second kappa shape index (κ2) is 5.82. The average molecular weight is 337 g/mol. The molecule has 0 spiro atoms. The van der Waals surface area contributed by atoms with Crippen molar-refractivity contribution in [3.63, 3.8) is 0 Å². The lowest BCUT2D eigenvalue weighted by Crippen LogP contribution is -2.14. The van der Waals surface area contributed by atoms with Crippen LogP contribution in [0.1, 0.15) is 17.5 Å². The van der Waals surface area contributed by atoms with Crippen LogP contribution in [0, 0.1) is 13.8 Å². The van der Waals surface area contributed by atoms with E-state index in [9.17, 15) is 0 Å². The first-order chi connectivity index (χ1) is 10.1. The van der Waals surface area contributed by atoms with E-state index in [1.165, 1.54) is 9.75 Å². The third-order valence-electron chi connectivity index (χ3n) is 3.12. The summed E-state index contributed by atoms with van der Waals surface area (Å²) in [7, 11) is 2.06. The van der Waals surface area contributed by atoms with E-state index >= 15 is 0 Å². The van der Waals surface area contributed by atoms with Crippen LogP contribution in [0.15, 0.2) is 12.4 Å². The molecule has 0 unspecified atom stereocenters. The summed E-state index contributed by atoms with van der Waals surface area (Å²) in [6.45, 7) is 7.20. The minimum Gasteiger partial charge on any atom is -0.351 e. The Kier molecular flexibility index (Phi) is 4.05. The van der Waals surface area contributed by atoms with E-state index in [4.69, 9.17) is 4.98 Å². The van der Waals surface area contributed by atoms with Crippen LogP contribution < -0.4 is 4.90 Å². The van der Waals surface area contributed by atoms with Crippen LogP contribution in [0.3, 0.4) is 0 Å². The average Bonchev–Trinajstić information content (AvgIpc) is 3.16. The van der Waals surface area contributed by atoms with Gasteiger partial charge in [0, 0.05) is 24.7 Å². The van der Waals surface area contributed by atoms with Gasteiger partial charge < -0.3 is 4.90 Å². The van der Waals surface area contributed by atoms with Crippen molar-refractivity contribution in [3.8, 4) is 19.8 Å². The first kappa shape index (κ1) is 14.6. The molecule has 3 heterocycles. The van der Waals surface area contributed by atoms with Gasteiger partial charge in [-0.3, -0.25) is 0 Å². The SMILES string of the molecule is CCN(C)c1ncc(-c2nc(C)c(-c3ncc(C)s3)s2)s1. The molecule has 0 fully saturated rings. The maximum absolute atomic E-state index is 4.70. The molecule has 0 bridgehead atoms. The molecule has 3 aromatic rings. The molecule has 0 aliphatic rings. The standard InChI is InChI=1S/C14H16N4S3/c1-5-18(4)14-16-7-10(20-14)12-17-9(3)11(21-12)13-15-6-8(2)19-13/h6-7H,5H2,1-4H3. The van der Waals surface area contributed by atoms with Gasteiger partial charge in [0.05, 0.1) is 21.6 Å². The molecule has 0 aliphatic heterocycles. The van der Waals surface area contributed by atoms with Crippen LogP contribution in [0.2, 0.25) is 0 Å². The Morgan fingerprint density at radius 1 is 1.05 bits per heavy atom. The molecule has 110 valence electrons. The normalized spacial score (nSPS) is 11.0.